The number of carboxylic acid groups (broad SMARTS) is 1. The second-order valence-electron chi connectivity index (χ2n) is 8.89. The number of fused-ring (bicyclic) bond motifs is 1. The van der Waals surface area contributed by atoms with E-state index in [2.05, 4.69) is 6.58 Å². The maximum atomic E-state index is 12.9. The van der Waals surface area contributed by atoms with Crippen LogP contribution in [0.3, 0.4) is 0 Å². The number of carboxylic acids is 1. The summed E-state index contributed by atoms with van der Waals surface area (Å²) in [6, 6.07) is 8.15. The van der Waals surface area contributed by atoms with Crippen molar-refractivity contribution in [2.24, 2.45) is 11.8 Å². The van der Waals surface area contributed by atoms with Crippen LogP contribution in [0.25, 0.3) is 5.57 Å². The fourth-order valence-electron chi connectivity index (χ4n) is 4.77. The zero-order valence-electron chi connectivity index (χ0n) is 19.5. The van der Waals surface area contributed by atoms with Crippen molar-refractivity contribution in [3.63, 3.8) is 0 Å². The molecule has 37 heavy (non-hydrogen) atoms. The Bertz CT molecular complexity index is 1080. The highest BCUT2D eigenvalue weighted by Crippen LogP contribution is 2.43. The van der Waals surface area contributed by atoms with Crippen LogP contribution in [0.4, 0.5) is 0 Å². The number of aliphatic carboxylic acids is 1. The molecule has 2 saturated heterocycles. The molecule has 12 nitrogen and oxygen atoms in total. The van der Waals surface area contributed by atoms with Crippen LogP contribution in [-0.2, 0) is 28.5 Å². The fourth-order valence-corrected chi connectivity index (χ4v) is 4.77. The number of esters is 1. The summed E-state index contributed by atoms with van der Waals surface area (Å²) >= 11 is 0. The molecular formula is C25H28O12. The van der Waals surface area contributed by atoms with Gasteiger partial charge in [-0.3, -0.25) is 0 Å². The highest BCUT2D eigenvalue weighted by Gasteiger charge is 2.49. The van der Waals surface area contributed by atoms with E-state index in [9.17, 15) is 40.2 Å². The van der Waals surface area contributed by atoms with Crippen LogP contribution in [0, 0.1) is 11.8 Å². The van der Waals surface area contributed by atoms with Gasteiger partial charge in [-0.2, -0.15) is 0 Å². The summed E-state index contributed by atoms with van der Waals surface area (Å²) in [6.45, 7) is 3.14. The zero-order valence-corrected chi connectivity index (χ0v) is 19.5. The fraction of sp³-hybridized carbons (Fsp3) is 0.440. The number of aliphatic hydroxyl groups is 5. The molecule has 9 atom stereocenters. The summed E-state index contributed by atoms with van der Waals surface area (Å²) in [5, 5.41) is 59.7. The minimum atomic E-state index is -1.68. The number of hydrogen-bond acceptors (Lipinski definition) is 11. The molecule has 1 aromatic rings. The third-order valence-corrected chi connectivity index (χ3v) is 6.71. The number of rotatable bonds is 7. The van der Waals surface area contributed by atoms with Gasteiger partial charge >= 0.3 is 11.9 Å². The molecule has 3 heterocycles. The zero-order chi connectivity index (χ0) is 26.9. The predicted octanol–water partition coefficient (Wildman–Crippen LogP) is -0.169. The van der Waals surface area contributed by atoms with Gasteiger partial charge < -0.3 is 49.6 Å². The largest absolute Gasteiger partial charge is 0.502 e. The molecule has 0 aliphatic carbocycles. The second kappa shape index (κ2) is 11.0. The van der Waals surface area contributed by atoms with Gasteiger partial charge in [0.25, 0.3) is 0 Å². The summed E-state index contributed by atoms with van der Waals surface area (Å²) in [6.07, 6.45) is -7.34. The van der Waals surface area contributed by atoms with E-state index in [1.165, 1.54) is 6.08 Å². The third kappa shape index (κ3) is 5.12. The first-order valence-corrected chi connectivity index (χ1v) is 11.5. The van der Waals surface area contributed by atoms with Crippen LogP contribution in [0.2, 0.25) is 0 Å². The van der Waals surface area contributed by atoms with E-state index < -0.39 is 79.2 Å². The van der Waals surface area contributed by atoms with Crippen LogP contribution in [0.5, 0.6) is 0 Å². The molecule has 0 bridgehead atoms. The highest BCUT2D eigenvalue weighted by atomic mass is 16.8. The molecule has 0 saturated carbocycles. The first-order chi connectivity index (χ1) is 17.7. The van der Waals surface area contributed by atoms with E-state index in [4.69, 9.17) is 18.9 Å². The maximum absolute atomic E-state index is 12.9. The smallest absolute Gasteiger partial charge is 0.371 e. The average Bonchev–Trinajstić information content (AvgIpc) is 2.89. The summed E-state index contributed by atoms with van der Waals surface area (Å²) in [5.41, 5.74) is 0.405. The molecule has 1 aromatic carbocycles. The second-order valence-corrected chi connectivity index (χ2v) is 8.89. The normalized spacial score (nSPS) is 36.3. The van der Waals surface area contributed by atoms with E-state index in [0.717, 1.165) is 6.26 Å². The van der Waals surface area contributed by atoms with E-state index >= 15 is 0 Å². The minimum absolute atomic E-state index is 0.0354. The minimum Gasteiger partial charge on any atom is -0.502 e. The molecule has 0 unspecified atom stereocenters. The molecule has 0 spiro atoms. The Kier molecular flexibility index (Phi) is 7.97. The van der Waals surface area contributed by atoms with E-state index in [1.807, 2.05) is 0 Å². The van der Waals surface area contributed by atoms with Crippen LogP contribution >= 0.6 is 0 Å². The van der Waals surface area contributed by atoms with Gasteiger partial charge in [-0.05, 0) is 12.0 Å². The number of benzene rings is 1. The summed E-state index contributed by atoms with van der Waals surface area (Å²) in [5.74, 6) is -4.74. The Hall–Kier alpha value is -3.26. The Labute approximate surface area is 211 Å². The van der Waals surface area contributed by atoms with Crippen molar-refractivity contribution in [3.8, 4) is 0 Å². The first-order valence-electron chi connectivity index (χ1n) is 11.5. The number of carbonyl (C=O) groups is 2. The Morgan fingerprint density at radius 3 is 2.41 bits per heavy atom. The van der Waals surface area contributed by atoms with Crippen LogP contribution in [0.15, 0.2) is 60.6 Å². The number of aliphatic hydroxyl groups excluding tert-OH is 5. The number of hydrogen-bond donors (Lipinski definition) is 6. The Morgan fingerprint density at radius 2 is 1.78 bits per heavy atom. The highest BCUT2D eigenvalue weighted by molar-refractivity contribution is 5.97. The molecule has 0 aromatic heterocycles. The predicted molar refractivity (Wildman–Crippen MR) is 123 cm³/mol. The van der Waals surface area contributed by atoms with Gasteiger partial charge in [-0.25, -0.2) is 9.59 Å². The number of ether oxygens (including phenoxy) is 4. The lowest BCUT2D eigenvalue weighted by Crippen LogP contribution is -2.60. The molecule has 6 N–H and O–H groups in total. The summed E-state index contributed by atoms with van der Waals surface area (Å²) in [7, 11) is 0. The summed E-state index contributed by atoms with van der Waals surface area (Å²) in [4.78, 5) is 24.5. The van der Waals surface area contributed by atoms with Gasteiger partial charge in [-0.1, -0.05) is 36.4 Å². The van der Waals surface area contributed by atoms with E-state index in [-0.39, 0.29) is 17.6 Å². The molecule has 3 aliphatic rings. The van der Waals surface area contributed by atoms with Crippen molar-refractivity contribution in [2.45, 2.75) is 49.5 Å². The van der Waals surface area contributed by atoms with E-state index in [1.54, 1.807) is 30.3 Å². The SMILES string of the molecule is C=C[C@H]1[C@H](O[C@@H]2O[C@H](CO)[C@@H](O)[C@H](O)[C@H]2O)OC=C2C(=O)O[C@H](/C(=C(/O)C(=O)O)c3ccccc3)C[C@@H]21. The molecule has 12 heteroatoms. The van der Waals surface area contributed by atoms with Crippen molar-refractivity contribution in [1.82, 2.24) is 0 Å². The molecule has 2 fully saturated rings. The monoisotopic (exact) mass is 520 g/mol. The average molecular weight is 520 g/mol. The van der Waals surface area contributed by atoms with Gasteiger partial charge in [0.2, 0.25) is 12.0 Å². The number of carbonyl (C=O) groups excluding carboxylic acids is 1. The van der Waals surface area contributed by atoms with Crippen molar-refractivity contribution in [2.75, 3.05) is 6.61 Å². The Morgan fingerprint density at radius 1 is 1.08 bits per heavy atom. The molecule has 200 valence electrons. The first kappa shape index (κ1) is 26.8. The Balaban J connectivity index is 1.62. The lowest BCUT2D eigenvalue weighted by molar-refractivity contribution is -0.339. The van der Waals surface area contributed by atoms with Crippen molar-refractivity contribution in [1.29, 1.82) is 0 Å². The van der Waals surface area contributed by atoms with Gasteiger partial charge in [0, 0.05) is 17.4 Å². The molecular weight excluding hydrogens is 492 g/mol. The van der Waals surface area contributed by atoms with Gasteiger partial charge in [0.15, 0.2) is 6.29 Å². The van der Waals surface area contributed by atoms with Gasteiger partial charge in [0.05, 0.1) is 18.4 Å². The lowest BCUT2D eigenvalue weighted by atomic mass is 9.76. The van der Waals surface area contributed by atoms with Crippen molar-refractivity contribution < 1.29 is 59.2 Å². The summed E-state index contributed by atoms with van der Waals surface area (Å²) < 4.78 is 22.2. The van der Waals surface area contributed by atoms with Crippen molar-refractivity contribution in [3.05, 3.63) is 66.1 Å². The quantitative estimate of drug-likeness (QED) is 0.121. The molecule has 4 rings (SSSR count). The topological polar surface area (TPSA) is 192 Å². The molecule has 3 aliphatic heterocycles. The standard InChI is InChI=1S/C25H28O12/c1-2-12-13-8-15(17(19(28)22(31)32)11-6-4-3-5-7-11)35-23(33)14(13)10-34-24(12)37-25-21(30)20(29)18(27)16(9-26)36-25/h2-7,10,12-13,15-16,18,20-21,24-30H,1,8-9H2,(H,31,32)/b19-17+/t12-,13-,15+,16-,18-,20+,21-,24+,25+/m1/s1. The van der Waals surface area contributed by atoms with Gasteiger partial charge in [0.1, 0.15) is 30.5 Å². The molecule has 0 amide bonds. The van der Waals surface area contributed by atoms with E-state index in [0.29, 0.717) is 5.56 Å². The number of cyclic esters (lactones) is 1. The maximum Gasteiger partial charge on any atom is 0.371 e. The third-order valence-electron chi connectivity index (χ3n) is 6.71. The van der Waals surface area contributed by atoms with Crippen molar-refractivity contribution >= 4 is 17.5 Å². The van der Waals surface area contributed by atoms with Crippen LogP contribution < -0.4 is 0 Å². The van der Waals surface area contributed by atoms with Gasteiger partial charge in [-0.15, -0.1) is 6.58 Å². The van der Waals surface area contributed by atoms with Crippen LogP contribution in [-0.4, -0.2) is 92.3 Å². The molecule has 0 radical (unpaired) electrons. The lowest BCUT2D eigenvalue weighted by Gasteiger charge is -2.44. The van der Waals surface area contributed by atoms with Crippen LogP contribution in [0.1, 0.15) is 12.0 Å².